The smallest absolute Gasteiger partial charge is 0.334 e. The summed E-state index contributed by atoms with van der Waals surface area (Å²) in [4.78, 5) is 123. The molecule has 0 saturated carbocycles. The number of benzene rings is 6. The third-order valence-electron chi connectivity index (χ3n) is 25.0. The van der Waals surface area contributed by atoms with Gasteiger partial charge in [-0.05, 0) is 99.5 Å². The molecule has 18 aromatic heterocycles. The molecule has 0 fully saturated rings. The van der Waals surface area contributed by atoms with Crippen molar-refractivity contribution in [1.29, 1.82) is 0 Å². The van der Waals surface area contributed by atoms with Crippen molar-refractivity contribution >= 4 is 132 Å². The van der Waals surface area contributed by atoms with E-state index in [-0.39, 0.29) is 40.3 Å². The molecule has 6 aromatic carbocycles. The summed E-state index contributed by atoms with van der Waals surface area (Å²) >= 11 is 0. The highest BCUT2D eigenvalue weighted by Gasteiger charge is 2.30. The molecule has 24 rings (SSSR count). The molecule has 0 unspecified atom stereocenters. The van der Waals surface area contributed by atoms with Crippen molar-refractivity contribution in [3.8, 4) is 108 Å². The molecule has 0 saturated heterocycles. The molecule has 0 aliphatic heterocycles. The predicted molar refractivity (Wildman–Crippen MR) is 526 cm³/mol. The van der Waals surface area contributed by atoms with E-state index in [1.54, 1.807) is 126 Å². The highest BCUT2D eigenvalue weighted by Crippen LogP contribution is 2.44. The Hall–Kier alpha value is -18.7. The average molecular weight is 1890 g/mol. The lowest BCUT2D eigenvalue weighted by molar-refractivity contribution is 0.406. The van der Waals surface area contributed by atoms with Gasteiger partial charge in [-0.15, -0.1) is 0 Å². The van der Waals surface area contributed by atoms with Crippen molar-refractivity contribution in [2.45, 2.75) is 27.7 Å². The van der Waals surface area contributed by atoms with Crippen LogP contribution < -0.4 is 55.9 Å². The van der Waals surface area contributed by atoms with Gasteiger partial charge in [-0.3, -0.25) is 57.0 Å². The largest absolute Gasteiger partial charge is 0.496 e. The number of ether oxygens (including phenoxy) is 7. The van der Waals surface area contributed by atoms with Crippen molar-refractivity contribution in [1.82, 2.24) is 131 Å². The molecular formula is C100H82F3N27O11. The van der Waals surface area contributed by atoms with Crippen LogP contribution >= 0.6 is 0 Å². The zero-order chi connectivity index (χ0) is 98.3. The fraction of sp³-hybridized carbons (Fsp3) is 0.160. The van der Waals surface area contributed by atoms with Crippen LogP contribution in [0.5, 0.6) is 40.2 Å². The molecule has 141 heavy (non-hydrogen) atoms. The van der Waals surface area contributed by atoms with E-state index in [0.29, 0.717) is 100 Å². The molecule has 41 heteroatoms. The van der Waals surface area contributed by atoms with Crippen LogP contribution in [0.1, 0.15) is 23.2 Å². The maximum absolute atomic E-state index is 15.1. The molecule has 38 nitrogen and oxygen atoms in total. The minimum atomic E-state index is -0.688. The number of fused-ring (bicyclic) bond motifs is 16. The first-order valence-corrected chi connectivity index (χ1v) is 43.6. The first kappa shape index (κ1) is 88.8. The van der Waals surface area contributed by atoms with E-state index in [4.69, 9.17) is 33.2 Å². The highest BCUT2D eigenvalue weighted by atomic mass is 19.1. The van der Waals surface area contributed by atoms with Crippen molar-refractivity contribution in [3.05, 3.63) is 266 Å². The summed E-state index contributed by atoms with van der Waals surface area (Å²) < 4.78 is 96.7. The van der Waals surface area contributed by atoms with Gasteiger partial charge in [0.05, 0.1) is 216 Å². The second kappa shape index (κ2) is 34.6. The number of hydrogen-bond acceptors (Lipinski definition) is 25. The monoisotopic (exact) mass is 1890 g/mol. The van der Waals surface area contributed by atoms with Crippen LogP contribution in [0.2, 0.25) is 0 Å². The van der Waals surface area contributed by atoms with E-state index < -0.39 is 34.5 Å². The van der Waals surface area contributed by atoms with Gasteiger partial charge >= 0.3 is 22.8 Å². The fourth-order valence-corrected chi connectivity index (χ4v) is 18.2. The minimum Gasteiger partial charge on any atom is -0.496 e. The van der Waals surface area contributed by atoms with Gasteiger partial charge in [-0.25, -0.2) is 81.4 Å². The molecule has 0 amide bonds. The quantitative estimate of drug-likeness (QED) is 0.0740. The zero-order valence-corrected chi connectivity index (χ0v) is 78.2. The maximum atomic E-state index is 15.1. The third kappa shape index (κ3) is 14.8. The van der Waals surface area contributed by atoms with Gasteiger partial charge in [0.2, 0.25) is 0 Å². The van der Waals surface area contributed by atoms with E-state index >= 15 is 13.2 Å². The Balaban J connectivity index is 0.000000111. The number of H-pyrrole nitrogens is 4. The third-order valence-corrected chi connectivity index (χ3v) is 25.0. The summed E-state index contributed by atoms with van der Waals surface area (Å²) in [6, 6.07) is 33.1. The molecule has 0 radical (unpaired) electrons. The van der Waals surface area contributed by atoms with Crippen LogP contribution in [0.15, 0.2) is 203 Å². The Kier molecular flexibility index (Phi) is 21.8. The highest BCUT2D eigenvalue weighted by molar-refractivity contribution is 6.10. The number of hydrogen-bond donors (Lipinski definition) is 4. The number of methoxy groups -OCH3 is 7. The molecular weight excluding hydrogens is 1810 g/mol. The number of imidazole rings is 8. The molecule has 4 N–H and O–H groups in total. The molecule has 0 bridgehead atoms. The second-order valence-electron chi connectivity index (χ2n) is 33.3. The standard InChI is InChI=1S/C26H21FN6O3.C25H20FN7O3.C25H19FN6O3.C24H22N8O2/c1-13-30-19-6-5-14(7-21(19)31-13)16-9-17-20(10-23(16)36-4)28-12-22-24(17)33(26(34)32(22)2)25-18(27)8-15(35-3)11-29-25;1-12-30-18-5-13(8-29-24(18)31-12)14-6-15-17(7-20(14)35-3)28-10-19-22(15)33(25(34)32(19)2)23-16(26)9-27-11-21(23)36-4;1-31-21-11-27-19-9-22(35-3)15(13-4-5-18-20(6-13)30-12-29-18)8-16(19)23(21)32(25(31)33)24-17(26)7-14(34-2)10-28-24;1-12-20(11-30(3)29-12)32-22-16-7-15(14-6-18-23(26-9-14)28-13(2)27-18)21(34-5)8-17(16)25-10-19(22)31(4)24(32)33/h5-12H,1-4H3,(H,30,31);5-11H,1-4H3,(H,29,30,31);4-12H,1-3H3,(H,29,30);6-11H,1-5H3,(H,26,27,28). The lowest BCUT2D eigenvalue weighted by Gasteiger charge is -2.13. The van der Waals surface area contributed by atoms with Crippen LogP contribution in [0.3, 0.4) is 0 Å². The predicted octanol–water partition coefficient (Wildman–Crippen LogP) is 15.1. The van der Waals surface area contributed by atoms with Gasteiger partial charge in [0.25, 0.3) is 0 Å². The molecule has 0 spiro atoms. The van der Waals surface area contributed by atoms with Gasteiger partial charge in [-0.1, -0.05) is 12.1 Å². The van der Waals surface area contributed by atoms with Crippen LogP contribution in [0.25, 0.3) is 200 Å². The van der Waals surface area contributed by atoms with E-state index in [0.717, 1.165) is 135 Å². The first-order chi connectivity index (χ1) is 68.1. The molecule has 24 aromatic rings. The molecule has 0 atom stereocenters. The summed E-state index contributed by atoms with van der Waals surface area (Å²) in [6.07, 6.45) is 18.6. The number of rotatable bonds is 15. The lowest BCUT2D eigenvalue weighted by atomic mass is 10.0. The van der Waals surface area contributed by atoms with E-state index in [1.165, 1.54) is 79.5 Å². The number of nitrogens with one attached hydrogen (secondary N) is 4. The Labute approximate surface area is 792 Å². The van der Waals surface area contributed by atoms with Crippen LogP contribution in [0, 0.1) is 45.1 Å². The van der Waals surface area contributed by atoms with Crippen LogP contribution in [-0.4, -0.2) is 181 Å². The van der Waals surface area contributed by atoms with E-state index in [1.807, 2.05) is 126 Å². The number of nitrogens with zero attached hydrogens (tertiary/aromatic N) is 23. The number of pyridine rings is 9. The Morgan fingerprint density at radius 3 is 1.13 bits per heavy atom. The first-order valence-electron chi connectivity index (χ1n) is 43.6. The van der Waals surface area contributed by atoms with Gasteiger partial charge in [0, 0.05) is 145 Å². The van der Waals surface area contributed by atoms with Gasteiger partial charge < -0.3 is 53.1 Å². The zero-order valence-electron chi connectivity index (χ0n) is 78.2. The topological polar surface area (TPSA) is 421 Å². The molecule has 18 heterocycles. The average Bonchev–Trinajstić information content (AvgIpc) is 1.61. The van der Waals surface area contributed by atoms with Crippen molar-refractivity contribution < 1.29 is 46.3 Å². The number of halogens is 3. The summed E-state index contributed by atoms with van der Waals surface area (Å²) in [5, 5.41) is 7.20. The number of aryl methyl sites for hydroxylation is 9. The molecule has 0 aliphatic carbocycles. The summed E-state index contributed by atoms with van der Waals surface area (Å²) in [5.41, 5.74) is 20.0. The van der Waals surface area contributed by atoms with Crippen LogP contribution in [-0.2, 0) is 35.2 Å². The SMILES string of the molecule is COc1cc2ncc3c(c2cc1-c1cnc2nc(C)[nH]c2c1)n(-c1c(F)cncc1OC)c(=O)n3C.COc1cc2ncc3c(c2cc1-c1cnc2nc(C)[nH]c2c1)n(-c1cn(C)nc1C)c(=O)n3C.COc1cnc(-n2c(=O)n(C)c3cnc4cc(OC)c(-c5ccc6nc(C)[nH]c6c5)cc4c32)c(F)c1.COc1cnc(-n2c(=O)n(C)c3cnc4cc(OC)c(-c5ccc6nc[nH]c6c5)cc4c32)c(F)c1. The number of aromatic amines is 4. The summed E-state index contributed by atoms with van der Waals surface area (Å²) in [5.74, 6) is 3.21. The van der Waals surface area contributed by atoms with Crippen LogP contribution in [0.4, 0.5) is 13.2 Å². The summed E-state index contributed by atoms with van der Waals surface area (Å²) in [6.45, 7) is 7.56. The second-order valence-corrected chi connectivity index (χ2v) is 33.3. The Morgan fingerprint density at radius 1 is 0.326 bits per heavy atom. The normalized spacial score (nSPS) is 11.6. The van der Waals surface area contributed by atoms with E-state index in [2.05, 4.69) is 89.8 Å². The Morgan fingerprint density at radius 2 is 0.709 bits per heavy atom. The van der Waals surface area contributed by atoms with E-state index in [9.17, 15) is 19.2 Å². The Bertz CT molecular complexity index is 9600. The lowest BCUT2D eigenvalue weighted by Crippen LogP contribution is -2.22. The van der Waals surface area contributed by atoms with Crippen molar-refractivity contribution in [2.75, 3.05) is 49.8 Å². The maximum Gasteiger partial charge on any atom is 0.334 e. The fourth-order valence-electron chi connectivity index (χ4n) is 18.2. The number of aromatic nitrogens is 27. The molecule has 704 valence electrons. The summed E-state index contributed by atoms with van der Waals surface area (Å²) in [7, 11) is 19.1. The minimum absolute atomic E-state index is 0.0241. The van der Waals surface area contributed by atoms with Crippen molar-refractivity contribution in [3.63, 3.8) is 0 Å². The van der Waals surface area contributed by atoms with Gasteiger partial charge in [-0.2, -0.15) is 5.10 Å². The van der Waals surface area contributed by atoms with Gasteiger partial charge in [0.15, 0.2) is 46.1 Å². The van der Waals surface area contributed by atoms with Gasteiger partial charge in [0.1, 0.15) is 57.7 Å². The van der Waals surface area contributed by atoms with Crippen molar-refractivity contribution in [2.24, 2.45) is 35.2 Å². The molecule has 0 aliphatic rings.